The lowest BCUT2D eigenvalue weighted by Crippen LogP contribution is -2.27. The number of anilines is 1. The number of methoxy groups -OCH3 is 2. The van der Waals surface area contributed by atoms with Crippen LogP contribution in [0.5, 0.6) is 11.5 Å². The van der Waals surface area contributed by atoms with Gasteiger partial charge in [0.25, 0.3) is 15.9 Å². The predicted octanol–water partition coefficient (Wildman–Crippen LogP) is 4.11. The van der Waals surface area contributed by atoms with E-state index < -0.39 is 15.9 Å². The number of benzene rings is 3. The molecule has 0 saturated heterocycles. The molecule has 0 aromatic heterocycles. The van der Waals surface area contributed by atoms with E-state index in [0.717, 1.165) is 9.87 Å². The number of hydrogen-bond donors (Lipinski definition) is 1. The fourth-order valence-corrected chi connectivity index (χ4v) is 4.47. The number of nitrogens with zero attached hydrogens (tertiary/aromatic N) is 1. The van der Waals surface area contributed by atoms with E-state index in [0.29, 0.717) is 17.2 Å². The van der Waals surface area contributed by atoms with Gasteiger partial charge in [-0.1, -0.05) is 35.9 Å². The van der Waals surface area contributed by atoms with Crippen LogP contribution in [-0.4, -0.2) is 35.6 Å². The maximum Gasteiger partial charge on any atom is 0.264 e. The predicted molar refractivity (Wildman–Crippen MR) is 124 cm³/mol. The van der Waals surface area contributed by atoms with Crippen LogP contribution < -0.4 is 19.1 Å². The van der Waals surface area contributed by atoms with Gasteiger partial charge >= 0.3 is 0 Å². The summed E-state index contributed by atoms with van der Waals surface area (Å²) in [6, 6.07) is 18.0. The van der Waals surface area contributed by atoms with Gasteiger partial charge in [0.15, 0.2) is 11.5 Å². The van der Waals surface area contributed by atoms with Crippen LogP contribution in [0, 0.1) is 0 Å². The first kappa shape index (κ1) is 23.4. The first-order chi connectivity index (χ1) is 15.3. The van der Waals surface area contributed by atoms with Crippen molar-refractivity contribution in [3.63, 3.8) is 0 Å². The Morgan fingerprint density at radius 3 is 2.31 bits per heavy atom. The number of para-hydroxylation sites is 1. The van der Waals surface area contributed by atoms with E-state index in [1.54, 1.807) is 48.5 Å². The number of carbonyl (C=O) groups excluding carboxylic acids is 1. The van der Waals surface area contributed by atoms with Crippen molar-refractivity contribution in [2.24, 2.45) is 0 Å². The number of halogens is 1. The second-order valence-electron chi connectivity index (χ2n) is 6.82. The molecule has 0 spiro atoms. The molecule has 0 bridgehead atoms. The highest BCUT2D eigenvalue weighted by atomic mass is 35.5. The van der Waals surface area contributed by atoms with Crippen LogP contribution in [0.3, 0.4) is 0 Å². The summed E-state index contributed by atoms with van der Waals surface area (Å²) >= 11 is 6.20. The van der Waals surface area contributed by atoms with Gasteiger partial charge < -0.3 is 14.8 Å². The number of ether oxygens (including phenoxy) is 2. The molecule has 9 heteroatoms. The number of hydrogen-bond acceptors (Lipinski definition) is 5. The summed E-state index contributed by atoms with van der Waals surface area (Å²) < 4.78 is 37.7. The summed E-state index contributed by atoms with van der Waals surface area (Å²) in [5, 5.41) is 2.91. The third-order valence-corrected chi connectivity index (χ3v) is 6.97. The minimum atomic E-state index is -3.88. The Hall–Kier alpha value is -3.23. The average molecular weight is 475 g/mol. The van der Waals surface area contributed by atoms with E-state index in [1.807, 2.05) is 0 Å². The van der Waals surface area contributed by atoms with Crippen LogP contribution in [0.4, 0.5) is 5.69 Å². The SMILES string of the molecule is COc1ccc(CNC(=O)c2cc(S(=O)(=O)N(C)c3ccccc3)ccc2Cl)cc1OC. The zero-order chi connectivity index (χ0) is 23.3. The smallest absolute Gasteiger partial charge is 0.264 e. The van der Waals surface area contributed by atoms with E-state index in [4.69, 9.17) is 21.1 Å². The molecule has 3 rings (SSSR count). The van der Waals surface area contributed by atoms with Crippen molar-refractivity contribution in [1.29, 1.82) is 0 Å². The van der Waals surface area contributed by atoms with Crippen molar-refractivity contribution in [3.05, 3.63) is 82.9 Å². The van der Waals surface area contributed by atoms with Crippen molar-refractivity contribution in [3.8, 4) is 11.5 Å². The average Bonchev–Trinajstić information content (AvgIpc) is 2.82. The molecule has 0 saturated carbocycles. The van der Waals surface area contributed by atoms with Crippen LogP contribution in [0.2, 0.25) is 5.02 Å². The number of carbonyl (C=O) groups is 1. The Morgan fingerprint density at radius 2 is 1.66 bits per heavy atom. The van der Waals surface area contributed by atoms with Gasteiger partial charge in [-0.3, -0.25) is 9.10 Å². The molecule has 0 unspecified atom stereocenters. The van der Waals surface area contributed by atoms with Crippen molar-refractivity contribution in [2.45, 2.75) is 11.4 Å². The molecule has 168 valence electrons. The summed E-state index contributed by atoms with van der Waals surface area (Å²) in [5.41, 5.74) is 1.34. The van der Waals surface area contributed by atoms with E-state index in [9.17, 15) is 13.2 Å². The van der Waals surface area contributed by atoms with Crippen molar-refractivity contribution < 1.29 is 22.7 Å². The summed E-state index contributed by atoms with van der Waals surface area (Å²) in [5.74, 6) is 0.615. The van der Waals surface area contributed by atoms with Gasteiger partial charge in [0, 0.05) is 13.6 Å². The molecule has 0 aliphatic rings. The summed E-state index contributed by atoms with van der Waals surface area (Å²) in [6.45, 7) is 0.191. The molecule has 1 N–H and O–H groups in total. The van der Waals surface area contributed by atoms with E-state index in [-0.39, 0.29) is 22.0 Å². The lowest BCUT2D eigenvalue weighted by atomic mass is 10.1. The van der Waals surface area contributed by atoms with Crippen LogP contribution in [0.15, 0.2) is 71.6 Å². The number of rotatable bonds is 8. The third kappa shape index (κ3) is 4.98. The molecule has 1 amide bonds. The number of amides is 1. The first-order valence-electron chi connectivity index (χ1n) is 9.60. The Bertz CT molecular complexity index is 1220. The normalized spacial score (nSPS) is 11.0. The monoisotopic (exact) mass is 474 g/mol. The molecule has 7 nitrogen and oxygen atoms in total. The lowest BCUT2D eigenvalue weighted by molar-refractivity contribution is 0.0951. The number of nitrogens with one attached hydrogen (secondary N) is 1. The van der Waals surface area contributed by atoms with Gasteiger partial charge in [-0.05, 0) is 48.0 Å². The highest BCUT2D eigenvalue weighted by molar-refractivity contribution is 7.92. The molecule has 0 radical (unpaired) electrons. The van der Waals surface area contributed by atoms with Gasteiger partial charge in [-0.25, -0.2) is 8.42 Å². The summed E-state index contributed by atoms with van der Waals surface area (Å²) in [4.78, 5) is 12.7. The van der Waals surface area contributed by atoms with Gasteiger partial charge in [0.2, 0.25) is 0 Å². The Balaban J connectivity index is 1.81. The lowest BCUT2D eigenvalue weighted by Gasteiger charge is -2.20. The summed E-state index contributed by atoms with van der Waals surface area (Å²) in [6.07, 6.45) is 0. The maximum atomic E-state index is 13.1. The zero-order valence-corrected chi connectivity index (χ0v) is 19.4. The second-order valence-corrected chi connectivity index (χ2v) is 9.20. The van der Waals surface area contributed by atoms with Crippen LogP contribution >= 0.6 is 11.6 Å². The third-order valence-electron chi connectivity index (χ3n) is 4.86. The molecule has 3 aromatic carbocycles. The van der Waals surface area contributed by atoms with E-state index in [2.05, 4.69) is 5.32 Å². The zero-order valence-electron chi connectivity index (χ0n) is 17.8. The molecule has 0 atom stereocenters. The Morgan fingerprint density at radius 1 is 0.969 bits per heavy atom. The second kappa shape index (κ2) is 9.93. The van der Waals surface area contributed by atoms with E-state index in [1.165, 1.54) is 39.5 Å². The maximum absolute atomic E-state index is 13.1. The van der Waals surface area contributed by atoms with Crippen molar-refractivity contribution >= 4 is 33.2 Å². The van der Waals surface area contributed by atoms with Gasteiger partial charge in [0.1, 0.15) is 0 Å². The molecule has 0 aliphatic heterocycles. The van der Waals surface area contributed by atoms with Gasteiger partial charge in [-0.2, -0.15) is 0 Å². The van der Waals surface area contributed by atoms with Crippen LogP contribution in [0.1, 0.15) is 15.9 Å². The fourth-order valence-electron chi connectivity index (χ4n) is 3.04. The summed E-state index contributed by atoms with van der Waals surface area (Å²) in [7, 11) is 0.636. The molecular formula is C23H23ClN2O5S. The molecule has 0 aliphatic carbocycles. The van der Waals surface area contributed by atoms with Crippen LogP contribution in [0.25, 0.3) is 0 Å². The first-order valence-corrected chi connectivity index (χ1v) is 11.4. The van der Waals surface area contributed by atoms with Gasteiger partial charge in [0.05, 0.1) is 35.4 Å². The largest absolute Gasteiger partial charge is 0.493 e. The Kier molecular flexibility index (Phi) is 7.27. The van der Waals surface area contributed by atoms with Crippen molar-refractivity contribution in [1.82, 2.24) is 5.32 Å². The minimum Gasteiger partial charge on any atom is -0.493 e. The fraction of sp³-hybridized carbons (Fsp3) is 0.174. The number of sulfonamides is 1. The van der Waals surface area contributed by atoms with Gasteiger partial charge in [-0.15, -0.1) is 0 Å². The quantitative estimate of drug-likeness (QED) is 0.531. The highest BCUT2D eigenvalue weighted by Gasteiger charge is 2.23. The van der Waals surface area contributed by atoms with Crippen molar-refractivity contribution in [2.75, 3.05) is 25.6 Å². The molecule has 32 heavy (non-hydrogen) atoms. The standard InChI is InChI=1S/C23H23ClN2O5S/c1-26(17-7-5-4-6-8-17)32(28,29)18-10-11-20(24)19(14-18)23(27)25-15-16-9-12-21(30-2)22(13-16)31-3/h4-14H,15H2,1-3H3,(H,25,27). The minimum absolute atomic E-state index is 0.0375. The van der Waals surface area contributed by atoms with Crippen LogP contribution in [-0.2, 0) is 16.6 Å². The topological polar surface area (TPSA) is 84.9 Å². The Labute approximate surface area is 192 Å². The molecular weight excluding hydrogens is 452 g/mol. The molecule has 3 aromatic rings. The molecule has 0 heterocycles. The van der Waals surface area contributed by atoms with E-state index >= 15 is 0 Å². The molecule has 0 fully saturated rings. The highest BCUT2D eigenvalue weighted by Crippen LogP contribution is 2.28.